The molecule has 1 aromatic carbocycles. The minimum absolute atomic E-state index is 0.0108. The molecule has 0 aliphatic heterocycles. The molecule has 96 valence electrons. The second kappa shape index (κ2) is 4.71. The van der Waals surface area contributed by atoms with E-state index in [4.69, 9.17) is 11.6 Å². The Morgan fingerprint density at radius 3 is 1.59 bits per heavy atom. The molecule has 1 aromatic rings. The first-order chi connectivity index (χ1) is 7.58. The standard InChI is InChI=1S/C8H11ClN2O4S2/c1-16(12,13)10-6-4-3-5-7(8(6)9)11-17(2,14)15/h3-5,10-11H,1-2H3. The molecule has 0 amide bonds. The molecule has 0 saturated carbocycles. The molecule has 0 aliphatic carbocycles. The Labute approximate surface area is 105 Å². The summed E-state index contributed by atoms with van der Waals surface area (Å²) in [7, 11) is -6.94. The molecule has 0 atom stereocenters. The zero-order valence-corrected chi connectivity index (χ0v) is 11.4. The molecule has 17 heavy (non-hydrogen) atoms. The quantitative estimate of drug-likeness (QED) is 0.870. The van der Waals surface area contributed by atoms with E-state index in [9.17, 15) is 16.8 Å². The van der Waals surface area contributed by atoms with Gasteiger partial charge in [-0.05, 0) is 12.1 Å². The van der Waals surface area contributed by atoms with Crippen LogP contribution in [0.4, 0.5) is 11.4 Å². The topological polar surface area (TPSA) is 92.3 Å². The first kappa shape index (κ1) is 14.1. The maximum Gasteiger partial charge on any atom is 0.229 e. The number of hydrogen-bond acceptors (Lipinski definition) is 4. The van der Waals surface area contributed by atoms with Crippen molar-refractivity contribution in [3.05, 3.63) is 23.2 Å². The van der Waals surface area contributed by atoms with Crippen LogP contribution in [0.5, 0.6) is 0 Å². The van der Waals surface area contributed by atoms with Gasteiger partial charge < -0.3 is 0 Å². The third kappa shape index (κ3) is 4.80. The summed E-state index contributed by atoms with van der Waals surface area (Å²) in [4.78, 5) is 0. The lowest BCUT2D eigenvalue weighted by Crippen LogP contribution is -2.12. The van der Waals surface area contributed by atoms with Crippen LogP contribution < -0.4 is 9.44 Å². The van der Waals surface area contributed by atoms with Crippen LogP contribution in [0.25, 0.3) is 0 Å². The van der Waals surface area contributed by atoms with E-state index in [1.807, 2.05) is 0 Å². The summed E-state index contributed by atoms with van der Waals surface area (Å²) in [6.45, 7) is 0. The largest absolute Gasteiger partial charge is 0.282 e. The predicted molar refractivity (Wildman–Crippen MR) is 68.4 cm³/mol. The molecule has 0 aliphatic rings. The number of hydrogen-bond donors (Lipinski definition) is 2. The maximum atomic E-state index is 11.0. The highest BCUT2D eigenvalue weighted by atomic mass is 35.5. The van der Waals surface area contributed by atoms with Gasteiger partial charge in [0.1, 0.15) is 0 Å². The van der Waals surface area contributed by atoms with Crippen molar-refractivity contribution in [2.75, 3.05) is 22.0 Å². The Kier molecular flexibility index (Phi) is 3.90. The second-order valence-electron chi connectivity index (χ2n) is 3.42. The monoisotopic (exact) mass is 298 g/mol. The van der Waals surface area contributed by atoms with Crippen LogP contribution >= 0.6 is 11.6 Å². The SMILES string of the molecule is CS(=O)(=O)Nc1cccc(NS(C)(=O)=O)c1Cl. The van der Waals surface area contributed by atoms with E-state index in [0.29, 0.717) is 0 Å². The van der Waals surface area contributed by atoms with Crippen LogP contribution in [0.15, 0.2) is 18.2 Å². The van der Waals surface area contributed by atoms with Gasteiger partial charge in [0.2, 0.25) is 20.0 Å². The number of halogens is 1. The highest BCUT2D eigenvalue weighted by Gasteiger charge is 2.12. The van der Waals surface area contributed by atoms with Crippen molar-refractivity contribution in [3.63, 3.8) is 0 Å². The van der Waals surface area contributed by atoms with Crippen molar-refractivity contribution in [3.8, 4) is 0 Å². The summed E-state index contributed by atoms with van der Waals surface area (Å²) < 4.78 is 48.5. The Morgan fingerprint density at radius 2 is 1.29 bits per heavy atom. The zero-order valence-electron chi connectivity index (χ0n) is 9.06. The van der Waals surface area contributed by atoms with Crippen molar-refractivity contribution in [2.45, 2.75) is 0 Å². The van der Waals surface area contributed by atoms with Crippen LogP contribution in [0.2, 0.25) is 5.02 Å². The van der Waals surface area contributed by atoms with Crippen LogP contribution in [0.3, 0.4) is 0 Å². The van der Waals surface area contributed by atoms with Crippen LogP contribution in [-0.4, -0.2) is 29.3 Å². The van der Waals surface area contributed by atoms with E-state index in [1.54, 1.807) is 0 Å². The van der Waals surface area contributed by atoms with Crippen molar-refractivity contribution in [2.24, 2.45) is 0 Å². The molecule has 2 N–H and O–H groups in total. The summed E-state index contributed by atoms with van der Waals surface area (Å²) in [5.41, 5.74) is 0.227. The average Bonchev–Trinajstić information content (AvgIpc) is 2.07. The van der Waals surface area contributed by atoms with Crippen molar-refractivity contribution in [1.82, 2.24) is 0 Å². The molecule has 0 aromatic heterocycles. The molecule has 0 unspecified atom stereocenters. The average molecular weight is 299 g/mol. The molecular weight excluding hydrogens is 288 g/mol. The number of anilines is 2. The molecule has 1 rings (SSSR count). The maximum absolute atomic E-state index is 11.0. The van der Waals surface area contributed by atoms with Gasteiger partial charge in [-0.3, -0.25) is 9.44 Å². The van der Waals surface area contributed by atoms with E-state index in [1.165, 1.54) is 18.2 Å². The number of benzene rings is 1. The lowest BCUT2D eigenvalue weighted by atomic mass is 10.3. The van der Waals surface area contributed by atoms with E-state index < -0.39 is 20.0 Å². The Balaban J connectivity index is 3.16. The van der Waals surface area contributed by atoms with E-state index in [-0.39, 0.29) is 16.4 Å². The van der Waals surface area contributed by atoms with Gasteiger partial charge in [0.05, 0.1) is 28.9 Å². The number of nitrogens with one attached hydrogen (secondary N) is 2. The minimum atomic E-state index is -3.47. The fourth-order valence-corrected chi connectivity index (χ4v) is 2.56. The Morgan fingerprint density at radius 1 is 0.941 bits per heavy atom. The zero-order chi connectivity index (χ0) is 13.3. The molecule has 0 bridgehead atoms. The normalized spacial score (nSPS) is 12.2. The third-order valence-electron chi connectivity index (χ3n) is 1.59. The summed E-state index contributed by atoms with van der Waals surface area (Å²) in [5.74, 6) is 0. The molecule has 0 radical (unpaired) electrons. The van der Waals surface area contributed by atoms with Gasteiger partial charge in [0.25, 0.3) is 0 Å². The van der Waals surface area contributed by atoms with Gasteiger partial charge in [0.15, 0.2) is 0 Å². The van der Waals surface area contributed by atoms with Gasteiger partial charge in [-0.15, -0.1) is 0 Å². The lowest BCUT2D eigenvalue weighted by Gasteiger charge is -2.11. The van der Waals surface area contributed by atoms with Gasteiger partial charge in [-0.2, -0.15) is 0 Å². The van der Waals surface area contributed by atoms with E-state index in [2.05, 4.69) is 9.44 Å². The predicted octanol–water partition coefficient (Wildman–Crippen LogP) is 1.08. The molecular formula is C8H11ClN2O4S2. The van der Waals surface area contributed by atoms with Gasteiger partial charge >= 0.3 is 0 Å². The smallest absolute Gasteiger partial charge is 0.229 e. The molecule has 0 saturated heterocycles. The van der Waals surface area contributed by atoms with Gasteiger partial charge in [-0.1, -0.05) is 17.7 Å². The third-order valence-corrected chi connectivity index (χ3v) is 3.18. The molecule has 0 spiro atoms. The number of rotatable bonds is 4. The highest BCUT2D eigenvalue weighted by Crippen LogP contribution is 2.30. The van der Waals surface area contributed by atoms with Crippen molar-refractivity contribution < 1.29 is 16.8 Å². The first-order valence-electron chi connectivity index (χ1n) is 4.32. The molecule has 0 heterocycles. The van der Waals surface area contributed by atoms with Crippen LogP contribution in [0, 0.1) is 0 Å². The summed E-state index contributed by atoms with van der Waals surface area (Å²) in [6, 6.07) is 4.33. The fraction of sp³-hybridized carbons (Fsp3) is 0.250. The second-order valence-corrected chi connectivity index (χ2v) is 7.29. The lowest BCUT2D eigenvalue weighted by molar-refractivity contribution is 0.605. The summed E-state index contributed by atoms with van der Waals surface area (Å²) in [6.07, 6.45) is 1.94. The highest BCUT2D eigenvalue weighted by molar-refractivity contribution is 7.92. The minimum Gasteiger partial charge on any atom is -0.282 e. The Hall–Kier alpha value is -0.990. The Bertz CT molecular complexity index is 573. The fourth-order valence-electron chi connectivity index (χ4n) is 1.09. The molecule has 9 heteroatoms. The van der Waals surface area contributed by atoms with Gasteiger partial charge in [0, 0.05) is 0 Å². The van der Waals surface area contributed by atoms with Crippen LogP contribution in [0.1, 0.15) is 0 Å². The molecule has 0 fully saturated rings. The first-order valence-corrected chi connectivity index (χ1v) is 8.49. The summed E-state index contributed by atoms with van der Waals surface area (Å²) in [5, 5.41) is -0.0108. The van der Waals surface area contributed by atoms with Crippen molar-refractivity contribution in [1.29, 1.82) is 0 Å². The summed E-state index contributed by atoms with van der Waals surface area (Å²) >= 11 is 5.87. The van der Waals surface area contributed by atoms with E-state index >= 15 is 0 Å². The molecule has 6 nitrogen and oxygen atoms in total. The van der Waals surface area contributed by atoms with Gasteiger partial charge in [-0.25, -0.2) is 16.8 Å². The van der Waals surface area contributed by atoms with Crippen molar-refractivity contribution >= 4 is 43.0 Å². The number of sulfonamides is 2. The van der Waals surface area contributed by atoms with E-state index in [0.717, 1.165) is 12.5 Å². The van der Waals surface area contributed by atoms with Crippen LogP contribution in [-0.2, 0) is 20.0 Å².